The first kappa shape index (κ1) is 15.2. The second-order valence-corrected chi connectivity index (χ2v) is 4.83. The van der Waals surface area contributed by atoms with Crippen molar-refractivity contribution in [2.75, 3.05) is 0 Å². The summed E-state index contributed by atoms with van der Waals surface area (Å²) >= 11 is 0. The van der Waals surface area contributed by atoms with E-state index in [1.165, 1.54) is 26.0 Å². The lowest BCUT2D eigenvalue weighted by Gasteiger charge is -2.11. The number of hydrogen-bond acceptors (Lipinski definition) is 6. The van der Waals surface area contributed by atoms with Crippen LogP contribution < -0.4 is 0 Å². The molecule has 2 aromatic rings. The number of nitro benzene ring substituents is 2. The molecule has 0 bridgehead atoms. The summed E-state index contributed by atoms with van der Waals surface area (Å²) in [6.07, 6.45) is 0. The number of phenols is 2. The largest absolute Gasteiger partial charge is 0.508 e. The standard InChI is InChI=1S/C14H12N2O6/c1-7-3-9(17)5-11(15(19)20)13(7)14-8(2)4-10(18)6-12(14)16(21)22/h3-6,17-18H,1-2H3. The minimum atomic E-state index is -0.710. The average molecular weight is 304 g/mol. The van der Waals surface area contributed by atoms with Crippen molar-refractivity contribution in [2.24, 2.45) is 0 Å². The van der Waals surface area contributed by atoms with E-state index in [0.29, 0.717) is 11.1 Å². The van der Waals surface area contributed by atoms with Gasteiger partial charge in [-0.25, -0.2) is 0 Å². The normalized spacial score (nSPS) is 10.5. The van der Waals surface area contributed by atoms with Gasteiger partial charge in [-0.15, -0.1) is 0 Å². The van der Waals surface area contributed by atoms with Gasteiger partial charge in [-0.3, -0.25) is 20.2 Å². The van der Waals surface area contributed by atoms with Gasteiger partial charge in [-0.05, 0) is 37.1 Å². The predicted octanol–water partition coefficient (Wildman–Crippen LogP) is 3.20. The fourth-order valence-electron chi connectivity index (χ4n) is 2.44. The zero-order valence-electron chi connectivity index (χ0n) is 11.7. The third kappa shape index (κ3) is 2.53. The number of hydrogen-bond donors (Lipinski definition) is 2. The fraction of sp³-hybridized carbons (Fsp3) is 0.143. The SMILES string of the molecule is Cc1cc(O)cc([N+](=O)[O-])c1-c1c(C)cc(O)cc1[N+](=O)[O-]. The summed E-state index contributed by atoms with van der Waals surface area (Å²) in [5.41, 5.74) is -0.130. The van der Waals surface area contributed by atoms with Gasteiger partial charge in [-0.2, -0.15) is 0 Å². The van der Waals surface area contributed by atoms with Gasteiger partial charge in [0.1, 0.15) is 11.5 Å². The van der Waals surface area contributed by atoms with Crippen LogP contribution in [0.25, 0.3) is 11.1 Å². The number of aryl methyl sites for hydroxylation is 2. The van der Waals surface area contributed by atoms with Crippen LogP contribution in [-0.2, 0) is 0 Å². The molecule has 0 aliphatic carbocycles. The highest BCUT2D eigenvalue weighted by Gasteiger charge is 2.28. The lowest BCUT2D eigenvalue weighted by atomic mass is 9.93. The second kappa shape index (κ2) is 5.32. The van der Waals surface area contributed by atoms with E-state index < -0.39 is 21.2 Å². The molecular weight excluding hydrogens is 292 g/mol. The summed E-state index contributed by atoms with van der Waals surface area (Å²) in [5.74, 6) is -0.598. The molecule has 22 heavy (non-hydrogen) atoms. The molecule has 2 N–H and O–H groups in total. The van der Waals surface area contributed by atoms with Gasteiger partial charge < -0.3 is 10.2 Å². The molecule has 0 spiro atoms. The lowest BCUT2D eigenvalue weighted by molar-refractivity contribution is -0.386. The summed E-state index contributed by atoms with van der Waals surface area (Å²) < 4.78 is 0. The van der Waals surface area contributed by atoms with Crippen molar-refractivity contribution in [3.63, 3.8) is 0 Å². The molecule has 0 aliphatic heterocycles. The molecule has 0 aliphatic rings. The fourth-order valence-corrected chi connectivity index (χ4v) is 2.44. The Kier molecular flexibility index (Phi) is 3.68. The maximum Gasteiger partial charge on any atom is 0.281 e. The zero-order chi connectivity index (χ0) is 16.6. The van der Waals surface area contributed by atoms with Gasteiger partial charge in [-0.1, -0.05) is 0 Å². The summed E-state index contributed by atoms with van der Waals surface area (Å²) in [6.45, 7) is 3.02. The number of benzene rings is 2. The Labute approximate surface area is 124 Å². The van der Waals surface area contributed by atoms with Crippen molar-refractivity contribution in [1.82, 2.24) is 0 Å². The van der Waals surface area contributed by atoms with Crippen LogP contribution in [0.2, 0.25) is 0 Å². The number of aromatic hydroxyl groups is 2. The van der Waals surface area contributed by atoms with E-state index >= 15 is 0 Å². The number of phenolic OH excluding ortho intramolecular Hbond substituents is 2. The summed E-state index contributed by atoms with van der Waals surface area (Å²) in [7, 11) is 0. The summed E-state index contributed by atoms with van der Waals surface area (Å²) in [5, 5.41) is 41.5. The molecule has 0 atom stereocenters. The van der Waals surface area contributed by atoms with Crippen molar-refractivity contribution in [3.05, 3.63) is 55.6 Å². The highest BCUT2D eigenvalue weighted by Crippen LogP contribution is 2.43. The van der Waals surface area contributed by atoms with Gasteiger partial charge in [0, 0.05) is 0 Å². The van der Waals surface area contributed by atoms with Crippen molar-refractivity contribution < 1.29 is 20.1 Å². The molecule has 0 aromatic heterocycles. The highest BCUT2D eigenvalue weighted by molar-refractivity contribution is 5.86. The molecule has 0 heterocycles. The quantitative estimate of drug-likeness (QED) is 0.662. The van der Waals surface area contributed by atoms with Crippen LogP contribution in [0, 0.1) is 34.1 Å². The topological polar surface area (TPSA) is 127 Å². The Balaban J connectivity index is 2.94. The molecule has 8 nitrogen and oxygen atoms in total. The van der Waals surface area contributed by atoms with E-state index in [-0.39, 0.29) is 22.6 Å². The smallest absolute Gasteiger partial charge is 0.281 e. The zero-order valence-corrected chi connectivity index (χ0v) is 11.7. The van der Waals surface area contributed by atoms with Gasteiger partial charge in [0.2, 0.25) is 0 Å². The molecule has 2 rings (SSSR count). The van der Waals surface area contributed by atoms with Gasteiger partial charge in [0.15, 0.2) is 0 Å². The van der Waals surface area contributed by atoms with Gasteiger partial charge in [0.05, 0.1) is 33.1 Å². The van der Waals surface area contributed by atoms with E-state index in [4.69, 9.17) is 0 Å². The van der Waals surface area contributed by atoms with Crippen LogP contribution in [0.3, 0.4) is 0 Å². The molecule has 0 saturated heterocycles. The Morgan fingerprint density at radius 2 is 1.09 bits per heavy atom. The summed E-state index contributed by atoms with van der Waals surface area (Å²) in [6, 6.07) is 4.47. The minimum absolute atomic E-state index is 0.0481. The Morgan fingerprint density at radius 1 is 0.773 bits per heavy atom. The van der Waals surface area contributed by atoms with Crippen molar-refractivity contribution in [2.45, 2.75) is 13.8 Å². The van der Waals surface area contributed by atoms with E-state index in [0.717, 1.165) is 12.1 Å². The molecule has 2 aromatic carbocycles. The van der Waals surface area contributed by atoms with E-state index in [1.54, 1.807) is 0 Å². The van der Waals surface area contributed by atoms with E-state index in [9.17, 15) is 30.4 Å². The lowest BCUT2D eigenvalue weighted by Crippen LogP contribution is -2.00. The van der Waals surface area contributed by atoms with Crippen molar-refractivity contribution in [1.29, 1.82) is 0 Å². The summed E-state index contributed by atoms with van der Waals surface area (Å²) in [4.78, 5) is 21.0. The van der Waals surface area contributed by atoms with Gasteiger partial charge >= 0.3 is 0 Å². The van der Waals surface area contributed by atoms with E-state index in [1.807, 2.05) is 0 Å². The van der Waals surface area contributed by atoms with Crippen molar-refractivity contribution in [3.8, 4) is 22.6 Å². The first-order valence-electron chi connectivity index (χ1n) is 6.18. The number of nitro groups is 2. The third-order valence-electron chi connectivity index (χ3n) is 3.24. The van der Waals surface area contributed by atoms with Crippen LogP contribution in [0.5, 0.6) is 11.5 Å². The van der Waals surface area contributed by atoms with Crippen LogP contribution in [-0.4, -0.2) is 20.1 Å². The number of rotatable bonds is 3. The monoisotopic (exact) mass is 304 g/mol. The Bertz CT molecular complexity index is 733. The maximum absolute atomic E-state index is 11.2. The highest BCUT2D eigenvalue weighted by atomic mass is 16.6. The molecule has 8 heteroatoms. The van der Waals surface area contributed by atoms with Crippen LogP contribution >= 0.6 is 0 Å². The molecule has 0 amide bonds. The maximum atomic E-state index is 11.2. The molecule has 0 unspecified atom stereocenters. The first-order chi connectivity index (χ1) is 10.2. The predicted molar refractivity (Wildman–Crippen MR) is 78.0 cm³/mol. The number of nitrogens with zero attached hydrogens (tertiary/aromatic N) is 2. The van der Waals surface area contributed by atoms with Crippen LogP contribution in [0.15, 0.2) is 24.3 Å². The first-order valence-corrected chi connectivity index (χ1v) is 6.18. The average Bonchev–Trinajstić information content (AvgIpc) is 2.38. The second-order valence-electron chi connectivity index (χ2n) is 4.83. The minimum Gasteiger partial charge on any atom is -0.508 e. The van der Waals surface area contributed by atoms with E-state index in [2.05, 4.69) is 0 Å². The molecule has 114 valence electrons. The molecular formula is C14H12N2O6. The Morgan fingerprint density at radius 3 is 1.36 bits per heavy atom. The molecule has 0 fully saturated rings. The molecule has 0 saturated carbocycles. The van der Waals surface area contributed by atoms with Gasteiger partial charge in [0.25, 0.3) is 11.4 Å². The Hall–Kier alpha value is -3.16. The third-order valence-corrected chi connectivity index (χ3v) is 3.24. The van der Waals surface area contributed by atoms with Crippen molar-refractivity contribution >= 4 is 11.4 Å². The van der Waals surface area contributed by atoms with Crippen LogP contribution in [0.1, 0.15) is 11.1 Å². The van der Waals surface area contributed by atoms with Crippen LogP contribution in [0.4, 0.5) is 11.4 Å². The molecule has 0 radical (unpaired) electrons.